The smallest absolute Gasteiger partial charge is 0.118 e. The van der Waals surface area contributed by atoms with Crippen molar-refractivity contribution in [3.8, 4) is 5.75 Å². The molecule has 0 heterocycles. The van der Waals surface area contributed by atoms with Gasteiger partial charge in [0.15, 0.2) is 0 Å². The summed E-state index contributed by atoms with van der Waals surface area (Å²) < 4.78 is 5.00. The lowest BCUT2D eigenvalue weighted by atomic mass is 9.97. The molecule has 1 rings (SSSR count). The lowest BCUT2D eigenvalue weighted by Crippen LogP contribution is -2.29. The van der Waals surface area contributed by atoms with Crippen molar-refractivity contribution in [2.45, 2.75) is 12.5 Å². The molecule has 0 aliphatic carbocycles. The summed E-state index contributed by atoms with van der Waals surface area (Å²) in [7, 11) is 1.59. The van der Waals surface area contributed by atoms with Crippen molar-refractivity contribution in [3.63, 3.8) is 0 Å². The van der Waals surface area contributed by atoms with Crippen molar-refractivity contribution in [2.24, 2.45) is 5.90 Å². The van der Waals surface area contributed by atoms with Gasteiger partial charge in [-0.05, 0) is 24.6 Å². The van der Waals surface area contributed by atoms with E-state index in [1.54, 1.807) is 38.3 Å². The first-order valence-electron chi connectivity index (χ1n) is 4.29. The molecule has 0 saturated heterocycles. The van der Waals surface area contributed by atoms with Gasteiger partial charge in [-0.1, -0.05) is 12.1 Å². The lowest BCUT2D eigenvalue weighted by molar-refractivity contribution is -0.0387. The average molecular weight is 197 g/mol. The summed E-state index contributed by atoms with van der Waals surface area (Å²) in [6, 6.07) is 7.11. The fourth-order valence-corrected chi connectivity index (χ4v) is 1.20. The second-order valence-electron chi connectivity index (χ2n) is 3.31. The molecular formula is C10H15NO3. The van der Waals surface area contributed by atoms with Crippen molar-refractivity contribution in [3.05, 3.63) is 29.8 Å². The molecule has 1 aromatic rings. The molecule has 0 saturated carbocycles. The van der Waals surface area contributed by atoms with Gasteiger partial charge in [0.05, 0.1) is 7.11 Å². The van der Waals surface area contributed by atoms with Crippen LogP contribution in [-0.2, 0) is 10.4 Å². The van der Waals surface area contributed by atoms with Crippen LogP contribution in [0.15, 0.2) is 24.3 Å². The van der Waals surface area contributed by atoms with Crippen LogP contribution in [0.25, 0.3) is 0 Å². The van der Waals surface area contributed by atoms with Gasteiger partial charge in [-0.15, -0.1) is 0 Å². The zero-order valence-corrected chi connectivity index (χ0v) is 8.36. The topological polar surface area (TPSA) is 64.7 Å². The van der Waals surface area contributed by atoms with Gasteiger partial charge in [0.25, 0.3) is 0 Å². The molecule has 4 heteroatoms. The third kappa shape index (κ3) is 2.45. The summed E-state index contributed by atoms with van der Waals surface area (Å²) in [5.74, 6) is 5.67. The summed E-state index contributed by atoms with van der Waals surface area (Å²) in [5.41, 5.74) is -0.329. The number of aliphatic hydroxyl groups is 1. The lowest BCUT2D eigenvalue weighted by Gasteiger charge is -2.22. The van der Waals surface area contributed by atoms with Gasteiger partial charge in [0, 0.05) is 0 Å². The Labute approximate surface area is 83.2 Å². The highest BCUT2D eigenvalue weighted by Gasteiger charge is 2.22. The molecule has 3 N–H and O–H groups in total. The predicted molar refractivity (Wildman–Crippen MR) is 52.7 cm³/mol. The van der Waals surface area contributed by atoms with E-state index < -0.39 is 5.60 Å². The molecule has 0 aromatic heterocycles. The van der Waals surface area contributed by atoms with Crippen molar-refractivity contribution in [1.82, 2.24) is 0 Å². The Balaban J connectivity index is 2.85. The minimum Gasteiger partial charge on any atom is -0.497 e. The van der Waals surface area contributed by atoms with Crippen LogP contribution in [-0.4, -0.2) is 18.8 Å². The first kappa shape index (κ1) is 11.0. The van der Waals surface area contributed by atoms with E-state index in [1.807, 2.05) is 0 Å². The summed E-state index contributed by atoms with van der Waals surface area (Å²) in [6.45, 7) is 1.70. The first-order valence-corrected chi connectivity index (χ1v) is 4.29. The summed E-state index contributed by atoms with van der Waals surface area (Å²) in [5, 5.41) is 9.90. The average Bonchev–Trinajstić information content (AvgIpc) is 2.18. The monoisotopic (exact) mass is 197 g/mol. The molecule has 4 nitrogen and oxygen atoms in total. The van der Waals surface area contributed by atoms with E-state index in [9.17, 15) is 5.11 Å². The normalized spacial score (nSPS) is 14.9. The van der Waals surface area contributed by atoms with E-state index in [-0.39, 0.29) is 6.61 Å². The maximum absolute atomic E-state index is 9.90. The number of methoxy groups -OCH3 is 1. The zero-order valence-electron chi connectivity index (χ0n) is 8.36. The zero-order chi connectivity index (χ0) is 10.6. The number of ether oxygens (including phenoxy) is 1. The number of hydrogen-bond donors (Lipinski definition) is 2. The van der Waals surface area contributed by atoms with Crippen molar-refractivity contribution < 1.29 is 14.7 Å². The summed E-state index contributed by atoms with van der Waals surface area (Å²) in [4.78, 5) is 4.44. The predicted octanol–water partition coefficient (Wildman–Crippen LogP) is 0.793. The highest BCUT2D eigenvalue weighted by molar-refractivity contribution is 5.30. The minimum atomic E-state index is -1.07. The Morgan fingerprint density at radius 3 is 2.36 bits per heavy atom. The molecule has 0 bridgehead atoms. The van der Waals surface area contributed by atoms with Gasteiger partial charge in [0.2, 0.25) is 0 Å². The van der Waals surface area contributed by atoms with Crippen LogP contribution >= 0.6 is 0 Å². The van der Waals surface area contributed by atoms with Gasteiger partial charge in [-0.2, -0.15) is 0 Å². The van der Waals surface area contributed by atoms with E-state index >= 15 is 0 Å². The fraction of sp³-hybridized carbons (Fsp3) is 0.400. The maximum Gasteiger partial charge on any atom is 0.118 e. The van der Waals surface area contributed by atoms with Crippen LogP contribution in [0, 0.1) is 0 Å². The third-order valence-corrected chi connectivity index (χ3v) is 2.08. The number of benzene rings is 1. The Kier molecular flexibility index (Phi) is 3.46. The van der Waals surface area contributed by atoms with Crippen molar-refractivity contribution in [2.75, 3.05) is 13.7 Å². The van der Waals surface area contributed by atoms with Crippen LogP contribution in [0.3, 0.4) is 0 Å². The molecule has 1 unspecified atom stereocenters. The van der Waals surface area contributed by atoms with E-state index in [2.05, 4.69) is 4.84 Å². The van der Waals surface area contributed by atoms with Crippen LogP contribution in [0.1, 0.15) is 12.5 Å². The molecule has 78 valence electrons. The van der Waals surface area contributed by atoms with Gasteiger partial charge < -0.3 is 14.7 Å². The highest BCUT2D eigenvalue weighted by atomic mass is 16.6. The quantitative estimate of drug-likeness (QED) is 0.700. The van der Waals surface area contributed by atoms with E-state index in [0.29, 0.717) is 0 Å². The minimum absolute atomic E-state index is 0.0549. The molecule has 0 aliphatic heterocycles. The van der Waals surface area contributed by atoms with E-state index in [4.69, 9.17) is 10.6 Å². The molecule has 0 aliphatic rings. The largest absolute Gasteiger partial charge is 0.497 e. The SMILES string of the molecule is COc1ccc(C(C)(O)CON)cc1. The summed E-state index contributed by atoms with van der Waals surface area (Å²) >= 11 is 0. The van der Waals surface area contributed by atoms with Crippen LogP contribution in [0.4, 0.5) is 0 Å². The molecule has 1 aromatic carbocycles. The molecular weight excluding hydrogens is 182 g/mol. The highest BCUT2D eigenvalue weighted by Crippen LogP contribution is 2.22. The molecule has 1 atom stereocenters. The standard InChI is InChI=1S/C10H15NO3/c1-10(12,7-14-11)8-3-5-9(13-2)6-4-8/h3-6,12H,7,11H2,1-2H3. The van der Waals surface area contributed by atoms with E-state index in [0.717, 1.165) is 11.3 Å². The van der Waals surface area contributed by atoms with Crippen molar-refractivity contribution in [1.29, 1.82) is 0 Å². The van der Waals surface area contributed by atoms with Crippen LogP contribution in [0.2, 0.25) is 0 Å². The molecule has 14 heavy (non-hydrogen) atoms. The van der Waals surface area contributed by atoms with Gasteiger partial charge in [-0.25, -0.2) is 5.90 Å². The molecule has 0 fully saturated rings. The van der Waals surface area contributed by atoms with Gasteiger partial charge in [-0.3, -0.25) is 0 Å². The Bertz CT molecular complexity index is 282. The number of nitrogens with two attached hydrogens (primary N) is 1. The van der Waals surface area contributed by atoms with E-state index in [1.165, 1.54) is 0 Å². The Morgan fingerprint density at radius 1 is 1.36 bits per heavy atom. The second kappa shape index (κ2) is 4.41. The second-order valence-corrected chi connectivity index (χ2v) is 3.31. The first-order chi connectivity index (χ1) is 6.60. The summed E-state index contributed by atoms with van der Waals surface area (Å²) in [6.07, 6.45) is 0. The van der Waals surface area contributed by atoms with Gasteiger partial charge >= 0.3 is 0 Å². The van der Waals surface area contributed by atoms with Crippen molar-refractivity contribution >= 4 is 0 Å². The Hall–Kier alpha value is -1.10. The Morgan fingerprint density at radius 2 is 1.93 bits per heavy atom. The number of hydrogen-bond acceptors (Lipinski definition) is 4. The van der Waals surface area contributed by atoms with Gasteiger partial charge in [0.1, 0.15) is 18.0 Å². The number of rotatable bonds is 4. The molecule has 0 spiro atoms. The third-order valence-electron chi connectivity index (χ3n) is 2.08. The molecule has 0 radical (unpaired) electrons. The van der Waals surface area contributed by atoms with Crippen LogP contribution in [0.5, 0.6) is 5.75 Å². The van der Waals surface area contributed by atoms with Crippen LogP contribution < -0.4 is 10.6 Å². The maximum atomic E-state index is 9.90. The molecule has 0 amide bonds. The fourth-order valence-electron chi connectivity index (χ4n) is 1.20.